The number of nitrogens with one attached hydrogen (secondary N) is 1. The maximum absolute atomic E-state index is 12.9. The molecular weight excluding hydrogens is 374 g/mol. The molecule has 0 radical (unpaired) electrons. The van der Waals surface area contributed by atoms with Gasteiger partial charge in [0.15, 0.2) is 0 Å². The highest BCUT2D eigenvalue weighted by atomic mass is 35.5. The molecule has 1 aromatic heterocycles. The third-order valence-electron chi connectivity index (χ3n) is 4.37. The molecule has 3 rings (SSSR count). The zero-order valence-electron chi connectivity index (χ0n) is 14.4. The summed E-state index contributed by atoms with van der Waals surface area (Å²) < 4.78 is 27.4. The number of piperidine rings is 1. The third-order valence-corrected chi connectivity index (χ3v) is 6.61. The minimum atomic E-state index is -3.57. The van der Waals surface area contributed by atoms with Crippen LogP contribution in [-0.4, -0.2) is 36.7 Å². The zero-order chi connectivity index (χ0) is 18.7. The van der Waals surface area contributed by atoms with Crippen molar-refractivity contribution in [2.75, 3.05) is 18.4 Å². The van der Waals surface area contributed by atoms with Gasteiger partial charge in [-0.25, -0.2) is 13.4 Å². The third kappa shape index (κ3) is 4.06. The van der Waals surface area contributed by atoms with Gasteiger partial charge >= 0.3 is 0 Å². The second kappa shape index (κ2) is 7.73. The number of aryl methyl sites for hydroxylation is 1. The molecule has 1 fully saturated rings. The van der Waals surface area contributed by atoms with Crippen molar-refractivity contribution in [3.63, 3.8) is 0 Å². The SMILES string of the molecule is Cc1ccc(NC(=O)c2ccnc(Cl)c2)cc1S(=O)(=O)N1CCCCC1. The highest BCUT2D eigenvalue weighted by Gasteiger charge is 2.27. The molecule has 0 aliphatic carbocycles. The molecule has 2 heterocycles. The number of sulfonamides is 1. The smallest absolute Gasteiger partial charge is 0.255 e. The summed E-state index contributed by atoms with van der Waals surface area (Å²) in [6.45, 7) is 2.83. The van der Waals surface area contributed by atoms with Gasteiger partial charge in [0, 0.05) is 30.5 Å². The predicted molar refractivity (Wildman–Crippen MR) is 101 cm³/mol. The molecule has 8 heteroatoms. The number of carbonyl (C=O) groups excluding carboxylic acids is 1. The summed E-state index contributed by atoms with van der Waals surface area (Å²) in [5, 5.41) is 2.94. The molecule has 0 bridgehead atoms. The topological polar surface area (TPSA) is 79.4 Å². The van der Waals surface area contributed by atoms with Gasteiger partial charge in [-0.1, -0.05) is 24.1 Å². The zero-order valence-corrected chi connectivity index (χ0v) is 16.0. The lowest BCUT2D eigenvalue weighted by Crippen LogP contribution is -2.36. The number of anilines is 1. The highest BCUT2D eigenvalue weighted by molar-refractivity contribution is 7.89. The van der Waals surface area contributed by atoms with Crippen molar-refractivity contribution in [2.45, 2.75) is 31.1 Å². The van der Waals surface area contributed by atoms with E-state index in [1.54, 1.807) is 25.1 Å². The first kappa shape index (κ1) is 18.8. The van der Waals surface area contributed by atoms with Gasteiger partial charge in [0.05, 0.1) is 4.90 Å². The van der Waals surface area contributed by atoms with Crippen LogP contribution in [-0.2, 0) is 10.0 Å². The Hall–Kier alpha value is -1.96. The molecule has 0 saturated carbocycles. The lowest BCUT2D eigenvalue weighted by Gasteiger charge is -2.26. The Labute approximate surface area is 158 Å². The Morgan fingerprint density at radius 1 is 1.15 bits per heavy atom. The molecule has 1 saturated heterocycles. The van der Waals surface area contributed by atoms with Gasteiger partial charge in [-0.15, -0.1) is 0 Å². The van der Waals surface area contributed by atoms with Gasteiger partial charge in [-0.2, -0.15) is 4.31 Å². The summed E-state index contributed by atoms with van der Waals surface area (Å²) >= 11 is 5.81. The fraction of sp³-hybridized carbons (Fsp3) is 0.333. The largest absolute Gasteiger partial charge is 0.322 e. The summed E-state index contributed by atoms with van der Waals surface area (Å²) in [4.78, 5) is 16.4. The van der Waals surface area contributed by atoms with E-state index >= 15 is 0 Å². The molecule has 138 valence electrons. The molecule has 26 heavy (non-hydrogen) atoms. The van der Waals surface area contributed by atoms with Crippen molar-refractivity contribution >= 4 is 33.2 Å². The van der Waals surface area contributed by atoms with E-state index in [1.165, 1.54) is 22.6 Å². The van der Waals surface area contributed by atoms with Crippen molar-refractivity contribution in [3.05, 3.63) is 52.8 Å². The monoisotopic (exact) mass is 393 g/mol. The first-order valence-electron chi connectivity index (χ1n) is 8.41. The van der Waals surface area contributed by atoms with Crippen LogP contribution >= 0.6 is 11.6 Å². The number of benzene rings is 1. The van der Waals surface area contributed by atoms with Gasteiger partial charge in [0.1, 0.15) is 5.15 Å². The van der Waals surface area contributed by atoms with E-state index in [-0.39, 0.29) is 16.0 Å². The van der Waals surface area contributed by atoms with Gasteiger partial charge in [0.2, 0.25) is 10.0 Å². The standard InChI is InChI=1S/C18H20ClN3O3S/c1-13-5-6-15(21-18(23)14-7-8-20-17(19)11-14)12-16(13)26(24,25)22-9-3-2-4-10-22/h5-8,11-12H,2-4,9-10H2,1H3,(H,21,23). The predicted octanol–water partition coefficient (Wildman–Crippen LogP) is 3.47. The van der Waals surface area contributed by atoms with Gasteiger partial charge in [-0.05, 0) is 49.6 Å². The maximum atomic E-state index is 12.9. The molecular formula is C18H20ClN3O3S. The molecule has 0 spiro atoms. The number of carbonyl (C=O) groups is 1. The molecule has 1 aliphatic heterocycles. The normalized spacial score (nSPS) is 15.6. The van der Waals surface area contributed by atoms with Crippen molar-refractivity contribution in [1.82, 2.24) is 9.29 Å². The molecule has 1 N–H and O–H groups in total. The fourth-order valence-corrected chi connectivity index (χ4v) is 4.89. The summed E-state index contributed by atoms with van der Waals surface area (Å²) in [7, 11) is -3.57. The summed E-state index contributed by atoms with van der Waals surface area (Å²) in [5.74, 6) is -0.375. The summed E-state index contributed by atoms with van der Waals surface area (Å²) in [5.41, 5.74) is 1.43. The quantitative estimate of drug-likeness (QED) is 0.806. The van der Waals surface area contributed by atoms with E-state index in [0.29, 0.717) is 29.9 Å². The lowest BCUT2D eigenvalue weighted by molar-refractivity contribution is 0.102. The number of nitrogens with zero attached hydrogens (tertiary/aromatic N) is 2. The minimum Gasteiger partial charge on any atom is -0.322 e. The number of aromatic nitrogens is 1. The lowest BCUT2D eigenvalue weighted by atomic mass is 10.2. The summed E-state index contributed by atoms with van der Waals surface area (Å²) in [6.07, 6.45) is 4.24. The van der Waals surface area contributed by atoms with E-state index in [2.05, 4.69) is 10.3 Å². The van der Waals surface area contributed by atoms with Crippen LogP contribution in [0.1, 0.15) is 35.2 Å². The number of hydrogen-bond donors (Lipinski definition) is 1. The van der Waals surface area contributed by atoms with Crippen LogP contribution in [0.3, 0.4) is 0 Å². The Morgan fingerprint density at radius 2 is 1.88 bits per heavy atom. The van der Waals surface area contributed by atoms with Crippen molar-refractivity contribution in [1.29, 1.82) is 0 Å². The molecule has 6 nitrogen and oxygen atoms in total. The average molecular weight is 394 g/mol. The maximum Gasteiger partial charge on any atom is 0.255 e. The number of pyridine rings is 1. The Kier molecular flexibility index (Phi) is 5.60. The average Bonchev–Trinajstić information content (AvgIpc) is 2.64. The van der Waals surface area contributed by atoms with Crippen LogP contribution in [0.25, 0.3) is 0 Å². The van der Waals surface area contributed by atoms with Crippen LogP contribution in [0.5, 0.6) is 0 Å². The van der Waals surface area contributed by atoms with Crippen LogP contribution in [0, 0.1) is 6.92 Å². The van der Waals surface area contributed by atoms with Crippen molar-refractivity contribution in [3.8, 4) is 0 Å². The van der Waals surface area contributed by atoms with E-state index in [1.807, 2.05) is 0 Å². The van der Waals surface area contributed by atoms with E-state index in [4.69, 9.17) is 11.6 Å². The molecule has 0 unspecified atom stereocenters. The van der Waals surface area contributed by atoms with Crippen LogP contribution in [0.15, 0.2) is 41.4 Å². The number of rotatable bonds is 4. The van der Waals surface area contributed by atoms with E-state index < -0.39 is 10.0 Å². The van der Waals surface area contributed by atoms with Crippen molar-refractivity contribution in [2.24, 2.45) is 0 Å². The fourth-order valence-electron chi connectivity index (χ4n) is 2.95. The summed E-state index contributed by atoms with van der Waals surface area (Å²) in [6, 6.07) is 7.90. The molecule has 1 amide bonds. The van der Waals surface area contributed by atoms with Gasteiger partial charge < -0.3 is 5.32 Å². The van der Waals surface area contributed by atoms with Gasteiger partial charge in [0.25, 0.3) is 5.91 Å². The Morgan fingerprint density at radius 3 is 2.58 bits per heavy atom. The first-order chi connectivity index (χ1) is 12.4. The molecule has 2 aromatic rings. The first-order valence-corrected chi connectivity index (χ1v) is 10.2. The van der Waals surface area contributed by atoms with Crippen LogP contribution in [0.2, 0.25) is 5.15 Å². The number of hydrogen-bond acceptors (Lipinski definition) is 4. The second-order valence-electron chi connectivity index (χ2n) is 6.27. The molecule has 0 atom stereocenters. The van der Waals surface area contributed by atoms with Crippen LogP contribution in [0.4, 0.5) is 5.69 Å². The van der Waals surface area contributed by atoms with E-state index in [0.717, 1.165) is 19.3 Å². The van der Waals surface area contributed by atoms with Crippen LogP contribution < -0.4 is 5.32 Å². The highest BCUT2D eigenvalue weighted by Crippen LogP contribution is 2.26. The second-order valence-corrected chi connectivity index (χ2v) is 8.56. The number of halogens is 1. The Balaban J connectivity index is 1.86. The Bertz CT molecular complexity index is 925. The van der Waals surface area contributed by atoms with Crippen molar-refractivity contribution < 1.29 is 13.2 Å². The molecule has 1 aliphatic rings. The number of amides is 1. The minimum absolute atomic E-state index is 0.218. The van der Waals surface area contributed by atoms with E-state index in [9.17, 15) is 13.2 Å². The van der Waals surface area contributed by atoms with Gasteiger partial charge in [-0.3, -0.25) is 4.79 Å². The molecule has 1 aromatic carbocycles.